The van der Waals surface area contributed by atoms with Gasteiger partial charge < -0.3 is 10.6 Å². The van der Waals surface area contributed by atoms with Gasteiger partial charge in [-0.15, -0.1) is 0 Å². The van der Waals surface area contributed by atoms with E-state index in [2.05, 4.69) is 38.8 Å². The van der Waals surface area contributed by atoms with E-state index in [-0.39, 0.29) is 5.54 Å². The first-order chi connectivity index (χ1) is 10.1. The van der Waals surface area contributed by atoms with E-state index in [0.717, 1.165) is 28.1 Å². The Morgan fingerprint density at radius 1 is 1.48 bits per heavy atom. The Balaban J connectivity index is 2.04. The molecule has 3 nitrogen and oxygen atoms in total. The smallest absolute Gasteiger partial charge is 0.196 e. The van der Waals surface area contributed by atoms with Gasteiger partial charge in [-0.1, -0.05) is 37.8 Å². The normalized spacial score (nSPS) is 29.0. The van der Waals surface area contributed by atoms with Crippen molar-refractivity contribution in [1.29, 1.82) is 0 Å². The lowest BCUT2D eigenvalue weighted by molar-refractivity contribution is 0.201. The first-order valence-corrected chi connectivity index (χ1v) is 8.81. The highest BCUT2D eigenvalue weighted by molar-refractivity contribution is 9.10. The van der Waals surface area contributed by atoms with E-state index in [1.165, 1.54) is 25.7 Å². The third kappa shape index (κ3) is 2.46. The lowest BCUT2D eigenvalue weighted by atomic mass is 9.70. The summed E-state index contributed by atoms with van der Waals surface area (Å²) < 4.78 is 0.903. The van der Waals surface area contributed by atoms with Gasteiger partial charge in [0, 0.05) is 10.2 Å². The van der Waals surface area contributed by atoms with Crippen LogP contribution in [0, 0.1) is 5.92 Å². The van der Waals surface area contributed by atoms with E-state index < -0.39 is 0 Å². The number of benzene rings is 1. The predicted octanol–water partition coefficient (Wildman–Crippen LogP) is 4.58. The first kappa shape index (κ1) is 15.2. The van der Waals surface area contributed by atoms with Crippen LogP contribution in [0.5, 0.6) is 0 Å². The Hall–Kier alpha value is -0.740. The second-order valence-corrected chi connectivity index (χ2v) is 7.32. The van der Waals surface area contributed by atoms with Gasteiger partial charge in [0.15, 0.2) is 5.96 Å². The summed E-state index contributed by atoms with van der Waals surface area (Å²) in [6.45, 7) is 3.10. The average Bonchev–Trinajstić information content (AvgIpc) is 2.80. The molecule has 2 unspecified atom stereocenters. The minimum absolute atomic E-state index is 0.0599. The minimum atomic E-state index is 0.0599. The number of rotatable bonds is 2. The second kappa shape index (κ2) is 5.81. The zero-order chi connectivity index (χ0) is 15.0. The van der Waals surface area contributed by atoms with Crippen molar-refractivity contribution < 1.29 is 0 Å². The molecule has 0 saturated heterocycles. The Kier molecular flexibility index (Phi) is 4.19. The lowest BCUT2D eigenvalue weighted by Crippen LogP contribution is -2.57. The molecule has 114 valence electrons. The highest BCUT2D eigenvalue weighted by Crippen LogP contribution is 2.45. The van der Waals surface area contributed by atoms with Crippen LogP contribution in [0.1, 0.15) is 39.0 Å². The molecule has 1 heterocycles. The SMILES string of the molecule is CCC1CCCCC12CN=C(N)N2c1ccc(Cl)c(Br)c1. The van der Waals surface area contributed by atoms with Crippen molar-refractivity contribution in [3.63, 3.8) is 0 Å². The van der Waals surface area contributed by atoms with Crippen molar-refractivity contribution in [3.8, 4) is 0 Å². The van der Waals surface area contributed by atoms with Gasteiger partial charge in [-0.05, 0) is 52.9 Å². The Morgan fingerprint density at radius 2 is 2.29 bits per heavy atom. The molecule has 1 saturated carbocycles. The maximum Gasteiger partial charge on any atom is 0.196 e. The number of hydrogen-bond acceptors (Lipinski definition) is 3. The van der Waals surface area contributed by atoms with E-state index in [1.807, 2.05) is 12.1 Å². The summed E-state index contributed by atoms with van der Waals surface area (Å²) in [5.74, 6) is 1.29. The van der Waals surface area contributed by atoms with E-state index >= 15 is 0 Å². The molecule has 1 fully saturated rings. The van der Waals surface area contributed by atoms with Crippen LogP contribution < -0.4 is 10.6 Å². The standard InChI is InChI=1S/C16H21BrClN3/c1-2-11-5-3-4-8-16(11)10-20-15(19)21(16)12-6-7-14(18)13(17)9-12/h6-7,9,11H,2-5,8,10H2,1H3,(H2,19,20). The Labute approximate surface area is 139 Å². The third-order valence-corrected chi connectivity index (χ3v) is 6.23. The van der Waals surface area contributed by atoms with Crippen LogP contribution in [0.25, 0.3) is 0 Å². The summed E-state index contributed by atoms with van der Waals surface area (Å²) in [6.07, 6.45) is 6.18. The average molecular weight is 371 g/mol. The van der Waals surface area contributed by atoms with Crippen LogP contribution in [0.15, 0.2) is 27.7 Å². The molecular formula is C16H21BrClN3. The lowest BCUT2D eigenvalue weighted by Gasteiger charge is -2.47. The van der Waals surface area contributed by atoms with Gasteiger partial charge in [-0.3, -0.25) is 4.99 Å². The summed E-state index contributed by atoms with van der Waals surface area (Å²) in [5.41, 5.74) is 7.40. The molecule has 1 aromatic rings. The molecule has 1 aliphatic heterocycles. The maximum atomic E-state index is 6.25. The van der Waals surface area contributed by atoms with E-state index in [9.17, 15) is 0 Å². The van der Waals surface area contributed by atoms with Crippen molar-refractivity contribution in [3.05, 3.63) is 27.7 Å². The minimum Gasteiger partial charge on any atom is -0.369 e. The summed E-state index contributed by atoms with van der Waals surface area (Å²) in [5, 5.41) is 0.721. The summed E-state index contributed by atoms with van der Waals surface area (Å²) in [4.78, 5) is 6.86. The topological polar surface area (TPSA) is 41.6 Å². The predicted molar refractivity (Wildman–Crippen MR) is 93.1 cm³/mol. The largest absolute Gasteiger partial charge is 0.369 e. The van der Waals surface area contributed by atoms with Crippen LogP contribution in [0.2, 0.25) is 5.02 Å². The van der Waals surface area contributed by atoms with Crippen molar-refractivity contribution in [2.24, 2.45) is 16.6 Å². The molecule has 21 heavy (non-hydrogen) atoms. The van der Waals surface area contributed by atoms with Gasteiger partial charge >= 0.3 is 0 Å². The van der Waals surface area contributed by atoms with Crippen molar-refractivity contribution in [2.45, 2.75) is 44.6 Å². The fourth-order valence-electron chi connectivity index (χ4n) is 3.98. The molecule has 2 aliphatic rings. The van der Waals surface area contributed by atoms with Gasteiger partial charge in [0.2, 0.25) is 0 Å². The van der Waals surface area contributed by atoms with Crippen LogP contribution in [-0.2, 0) is 0 Å². The quantitative estimate of drug-likeness (QED) is 0.828. The molecule has 2 atom stereocenters. The molecular weight excluding hydrogens is 350 g/mol. The fraction of sp³-hybridized carbons (Fsp3) is 0.562. The Morgan fingerprint density at radius 3 is 3.00 bits per heavy atom. The summed E-state index contributed by atoms with van der Waals surface area (Å²) in [6, 6.07) is 6.02. The van der Waals surface area contributed by atoms with Gasteiger partial charge in [-0.25, -0.2) is 0 Å². The van der Waals surface area contributed by atoms with Gasteiger partial charge in [0.25, 0.3) is 0 Å². The monoisotopic (exact) mass is 369 g/mol. The molecule has 0 bridgehead atoms. The number of hydrogen-bond donors (Lipinski definition) is 1. The van der Waals surface area contributed by atoms with Gasteiger partial charge in [-0.2, -0.15) is 0 Å². The molecule has 1 aliphatic carbocycles. The van der Waals surface area contributed by atoms with Crippen LogP contribution in [-0.4, -0.2) is 18.0 Å². The summed E-state index contributed by atoms with van der Waals surface area (Å²) >= 11 is 9.65. The maximum absolute atomic E-state index is 6.25. The molecule has 1 spiro atoms. The zero-order valence-corrected chi connectivity index (χ0v) is 14.6. The molecule has 0 aromatic heterocycles. The fourth-order valence-corrected chi connectivity index (χ4v) is 4.47. The molecule has 3 rings (SSSR count). The highest BCUT2D eigenvalue weighted by atomic mass is 79.9. The van der Waals surface area contributed by atoms with Crippen molar-refractivity contribution >= 4 is 39.2 Å². The number of halogens is 2. The molecule has 0 amide bonds. The first-order valence-electron chi connectivity index (χ1n) is 7.63. The second-order valence-electron chi connectivity index (χ2n) is 6.06. The number of aliphatic imine (C=N–C) groups is 1. The van der Waals surface area contributed by atoms with E-state index in [0.29, 0.717) is 11.9 Å². The number of nitrogens with zero attached hydrogens (tertiary/aromatic N) is 2. The number of guanidine groups is 1. The van der Waals surface area contributed by atoms with Gasteiger partial charge in [0.05, 0.1) is 17.1 Å². The number of anilines is 1. The van der Waals surface area contributed by atoms with Crippen molar-refractivity contribution in [1.82, 2.24) is 0 Å². The van der Waals surface area contributed by atoms with Crippen molar-refractivity contribution in [2.75, 3.05) is 11.4 Å². The zero-order valence-electron chi connectivity index (χ0n) is 12.3. The molecule has 1 aromatic carbocycles. The van der Waals surface area contributed by atoms with Crippen LogP contribution >= 0.6 is 27.5 Å². The molecule has 5 heteroatoms. The van der Waals surface area contributed by atoms with E-state index in [1.54, 1.807) is 0 Å². The van der Waals surface area contributed by atoms with Crippen LogP contribution in [0.4, 0.5) is 5.69 Å². The van der Waals surface area contributed by atoms with Crippen LogP contribution in [0.3, 0.4) is 0 Å². The van der Waals surface area contributed by atoms with E-state index in [4.69, 9.17) is 17.3 Å². The third-order valence-electron chi connectivity index (χ3n) is 5.02. The number of nitrogens with two attached hydrogens (primary N) is 1. The molecule has 0 radical (unpaired) electrons. The highest BCUT2D eigenvalue weighted by Gasteiger charge is 2.49. The van der Waals surface area contributed by atoms with Gasteiger partial charge in [0.1, 0.15) is 0 Å². The summed E-state index contributed by atoms with van der Waals surface area (Å²) in [7, 11) is 0. The molecule has 2 N–H and O–H groups in total. The Bertz CT molecular complexity index is 575.